The molecule has 2 heterocycles. The van der Waals surface area contributed by atoms with Crippen LogP contribution in [0.25, 0.3) is 0 Å². The Kier molecular flexibility index (Phi) is 5.08. The van der Waals surface area contributed by atoms with Crippen molar-refractivity contribution < 1.29 is 14.7 Å². The van der Waals surface area contributed by atoms with E-state index in [0.29, 0.717) is 19.6 Å². The summed E-state index contributed by atoms with van der Waals surface area (Å²) in [6, 6.07) is 0.153. The lowest BCUT2D eigenvalue weighted by molar-refractivity contribution is -0.137. The van der Waals surface area contributed by atoms with Crippen molar-refractivity contribution in [1.82, 2.24) is 14.7 Å². The molecule has 0 aromatic carbocycles. The number of carbonyl (C=O) groups excluding carboxylic acids is 1. The van der Waals surface area contributed by atoms with Gasteiger partial charge in [-0.3, -0.25) is 9.69 Å². The molecule has 2 rings (SSSR count). The molecule has 1 N–H and O–H groups in total. The number of rotatable bonds is 3. The molecule has 0 aromatic heterocycles. The molecule has 0 spiro atoms. The standard InChI is InChI=1S/C15H27N3O3/c1-15(2)5-3-6-18(12-15)14(21)17-10-8-16(9-11-17)7-4-13(19)20/h3-12H2,1-2H3,(H,19,20). The fourth-order valence-electron chi connectivity index (χ4n) is 3.20. The van der Waals surface area contributed by atoms with Gasteiger partial charge < -0.3 is 14.9 Å². The van der Waals surface area contributed by atoms with E-state index in [1.54, 1.807) is 0 Å². The van der Waals surface area contributed by atoms with Crippen molar-refractivity contribution in [1.29, 1.82) is 0 Å². The van der Waals surface area contributed by atoms with Crippen molar-refractivity contribution in [3.63, 3.8) is 0 Å². The van der Waals surface area contributed by atoms with Crippen LogP contribution in [0, 0.1) is 5.41 Å². The SMILES string of the molecule is CC1(C)CCCN(C(=O)N2CCN(CCC(=O)O)CC2)C1. The van der Waals surface area contributed by atoms with E-state index < -0.39 is 5.97 Å². The summed E-state index contributed by atoms with van der Waals surface area (Å²) in [6.45, 7) is 9.67. The van der Waals surface area contributed by atoms with E-state index in [2.05, 4.69) is 18.7 Å². The largest absolute Gasteiger partial charge is 0.481 e. The quantitative estimate of drug-likeness (QED) is 0.853. The van der Waals surface area contributed by atoms with Crippen LogP contribution in [0.4, 0.5) is 4.79 Å². The highest BCUT2D eigenvalue weighted by Gasteiger charge is 2.32. The second-order valence-corrected chi connectivity index (χ2v) is 6.94. The van der Waals surface area contributed by atoms with Crippen LogP contribution in [0.5, 0.6) is 0 Å². The molecule has 0 radical (unpaired) electrons. The Morgan fingerprint density at radius 1 is 1.05 bits per heavy atom. The molecule has 2 fully saturated rings. The zero-order chi connectivity index (χ0) is 15.5. The molecule has 2 amide bonds. The molecule has 120 valence electrons. The maximum atomic E-state index is 12.6. The van der Waals surface area contributed by atoms with E-state index in [1.165, 1.54) is 6.42 Å². The van der Waals surface area contributed by atoms with Crippen LogP contribution in [0.3, 0.4) is 0 Å². The third kappa shape index (κ3) is 4.59. The van der Waals surface area contributed by atoms with Gasteiger partial charge in [-0.1, -0.05) is 13.8 Å². The third-order valence-electron chi connectivity index (χ3n) is 4.46. The molecule has 0 unspecified atom stereocenters. The van der Waals surface area contributed by atoms with E-state index in [0.717, 1.165) is 32.6 Å². The number of aliphatic carboxylic acids is 1. The number of likely N-dealkylation sites (tertiary alicyclic amines) is 1. The highest BCUT2D eigenvalue weighted by atomic mass is 16.4. The fourth-order valence-corrected chi connectivity index (χ4v) is 3.20. The maximum Gasteiger partial charge on any atom is 0.320 e. The Morgan fingerprint density at radius 2 is 1.71 bits per heavy atom. The van der Waals surface area contributed by atoms with Gasteiger partial charge in [0.05, 0.1) is 6.42 Å². The maximum absolute atomic E-state index is 12.6. The lowest BCUT2D eigenvalue weighted by Gasteiger charge is -2.42. The van der Waals surface area contributed by atoms with Crippen molar-refractivity contribution in [2.75, 3.05) is 45.8 Å². The predicted octanol–water partition coefficient (Wildman–Crippen LogP) is 1.32. The first-order valence-corrected chi connectivity index (χ1v) is 7.85. The fraction of sp³-hybridized carbons (Fsp3) is 0.867. The first-order chi connectivity index (χ1) is 9.87. The molecule has 6 heteroatoms. The number of hydrogen-bond donors (Lipinski definition) is 1. The van der Waals surface area contributed by atoms with Crippen LogP contribution in [0.2, 0.25) is 0 Å². The van der Waals surface area contributed by atoms with Gasteiger partial charge in [0, 0.05) is 45.8 Å². The zero-order valence-corrected chi connectivity index (χ0v) is 13.2. The summed E-state index contributed by atoms with van der Waals surface area (Å²) < 4.78 is 0. The van der Waals surface area contributed by atoms with Crippen LogP contribution < -0.4 is 0 Å². The lowest BCUT2D eigenvalue weighted by atomic mass is 9.84. The Labute approximate surface area is 126 Å². The normalized spacial score (nSPS) is 23.1. The van der Waals surface area contributed by atoms with Gasteiger partial charge in [0.1, 0.15) is 0 Å². The first-order valence-electron chi connectivity index (χ1n) is 7.85. The molecular formula is C15H27N3O3. The molecular weight excluding hydrogens is 270 g/mol. The number of urea groups is 1. The van der Waals surface area contributed by atoms with Gasteiger partial charge in [0.2, 0.25) is 0 Å². The first kappa shape index (κ1) is 16.1. The molecule has 0 aromatic rings. The Morgan fingerprint density at radius 3 is 2.29 bits per heavy atom. The summed E-state index contributed by atoms with van der Waals surface area (Å²) in [5.41, 5.74) is 0.219. The Hall–Kier alpha value is -1.30. The van der Waals surface area contributed by atoms with E-state index in [1.807, 2.05) is 9.80 Å². The Bertz CT molecular complexity index is 390. The molecule has 2 saturated heterocycles. The van der Waals surface area contributed by atoms with E-state index in [9.17, 15) is 9.59 Å². The van der Waals surface area contributed by atoms with Gasteiger partial charge >= 0.3 is 12.0 Å². The van der Waals surface area contributed by atoms with Crippen LogP contribution in [0.15, 0.2) is 0 Å². The smallest absolute Gasteiger partial charge is 0.320 e. The molecule has 2 aliphatic heterocycles. The van der Waals surface area contributed by atoms with Gasteiger partial charge in [-0.15, -0.1) is 0 Å². The van der Waals surface area contributed by atoms with E-state index >= 15 is 0 Å². The minimum atomic E-state index is -0.760. The summed E-state index contributed by atoms with van der Waals surface area (Å²) in [5.74, 6) is -0.760. The van der Waals surface area contributed by atoms with Crippen LogP contribution in [-0.4, -0.2) is 77.6 Å². The summed E-state index contributed by atoms with van der Waals surface area (Å²) in [4.78, 5) is 29.2. The second-order valence-electron chi connectivity index (χ2n) is 6.94. The minimum absolute atomic E-state index is 0.153. The summed E-state index contributed by atoms with van der Waals surface area (Å²) in [7, 11) is 0. The molecule has 6 nitrogen and oxygen atoms in total. The van der Waals surface area contributed by atoms with Crippen molar-refractivity contribution in [2.45, 2.75) is 33.1 Å². The molecule has 0 aliphatic carbocycles. The third-order valence-corrected chi connectivity index (χ3v) is 4.46. The number of carboxylic acids is 1. The molecule has 21 heavy (non-hydrogen) atoms. The number of hydrogen-bond acceptors (Lipinski definition) is 3. The van der Waals surface area contributed by atoms with Crippen molar-refractivity contribution in [3.8, 4) is 0 Å². The number of piperazine rings is 1. The van der Waals surface area contributed by atoms with Gasteiger partial charge in [-0.05, 0) is 18.3 Å². The lowest BCUT2D eigenvalue weighted by Crippen LogP contribution is -2.55. The average Bonchev–Trinajstić information content (AvgIpc) is 2.44. The number of carboxylic acid groups (broad SMARTS) is 1. The topological polar surface area (TPSA) is 64.1 Å². The van der Waals surface area contributed by atoms with Crippen LogP contribution in [-0.2, 0) is 4.79 Å². The number of nitrogens with zero attached hydrogens (tertiary/aromatic N) is 3. The predicted molar refractivity (Wildman–Crippen MR) is 80.2 cm³/mol. The summed E-state index contributed by atoms with van der Waals surface area (Å²) in [5, 5.41) is 8.71. The van der Waals surface area contributed by atoms with E-state index in [-0.39, 0.29) is 17.9 Å². The van der Waals surface area contributed by atoms with Crippen molar-refractivity contribution in [2.24, 2.45) is 5.41 Å². The van der Waals surface area contributed by atoms with Gasteiger partial charge in [0.25, 0.3) is 0 Å². The van der Waals surface area contributed by atoms with E-state index in [4.69, 9.17) is 5.11 Å². The van der Waals surface area contributed by atoms with Gasteiger partial charge in [-0.25, -0.2) is 4.79 Å². The number of carbonyl (C=O) groups is 2. The van der Waals surface area contributed by atoms with Crippen molar-refractivity contribution in [3.05, 3.63) is 0 Å². The highest BCUT2D eigenvalue weighted by molar-refractivity contribution is 5.74. The highest BCUT2D eigenvalue weighted by Crippen LogP contribution is 2.29. The summed E-state index contributed by atoms with van der Waals surface area (Å²) >= 11 is 0. The number of piperidine rings is 1. The van der Waals surface area contributed by atoms with Crippen LogP contribution >= 0.6 is 0 Å². The van der Waals surface area contributed by atoms with Crippen molar-refractivity contribution >= 4 is 12.0 Å². The molecule has 0 bridgehead atoms. The summed E-state index contributed by atoms with van der Waals surface area (Å²) in [6.07, 6.45) is 2.44. The average molecular weight is 297 g/mol. The second kappa shape index (κ2) is 6.64. The van der Waals surface area contributed by atoms with Gasteiger partial charge in [-0.2, -0.15) is 0 Å². The minimum Gasteiger partial charge on any atom is -0.481 e. The van der Waals surface area contributed by atoms with Gasteiger partial charge in [0.15, 0.2) is 0 Å². The number of amides is 2. The monoisotopic (exact) mass is 297 g/mol. The van der Waals surface area contributed by atoms with Crippen LogP contribution in [0.1, 0.15) is 33.1 Å². The molecule has 0 saturated carbocycles. The Balaban J connectivity index is 1.79. The molecule has 2 aliphatic rings. The zero-order valence-electron chi connectivity index (χ0n) is 13.2. The molecule has 0 atom stereocenters.